The zero-order valence-electron chi connectivity index (χ0n) is 19.5. The van der Waals surface area contributed by atoms with Gasteiger partial charge in [-0.3, -0.25) is 9.52 Å². The molecule has 0 aliphatic carbocycles. The third-order valence-corrected chi connectivity index (χ3v) is 8.65. The zero-order chi connectivity index (χ0) is 27.2. The molecular weight excluding hydrogens is 594 g/mol. The molecular formula is C25H20BrN5O5S2. The molecule has 4 aromatic carbocycles. The van der Waals surface area contributed by atoms with Crippen LogP contribution in [0.4, 0.5) is 5.69 Å². The average Bonchev–Trinajstić information content (AvgIpc) is 3.21. The van der Waals surface area contributed by atoms with Crippen LogP contribution in [0.25, 0.3) is 27.4 Å². The van der Waals surface area contributed by atoms with Gasteiger partial charge in [0.2, 0.25) is 15.9 Å². The van der Waals surface area contributed by atoms with Gasteiger partial charge in [-0.1, -0.05) is 40.2 Å². The number of primary sulfonamides is 1. The number of hydrogen-bond acceptors (Lipinski definition) is 6. The van der Waals surface area contributed by atoms with E-state index >= 15 is 0 Å². The number of benzene rings is 4. The molecule has 10 nitrogen and oxygen atoms in total. The Kier molecular flexibility index (Phi) is 6.47. The summed E-state index contributed by atoms with van der Waals surface area (Å²) in [6.45, 7) is 0. The first-order chi connectivity index (χ1) is 17.9. The third kappa shape index (κ3) is 5.00. The van der Waals surface area contributed by atoms with Crippen LogP contribution in [0, 0.1) is 0 Å². The lowest BCUT2D eigenvalue weighted by Crippen LogP contribution is -2.14. The molecule has 0 unspecified atom stereocenters. The topological polar surface area (TPSA) is 167 Å². The van der Waals surface area contributed by atoms with Gasteiger partial charge >= 0.3 is 0 Å². The molecule has 5 N–H and O–H groups in total. The van der Waals surface area contributed by atoms with Gasteiger partial charge in [0.15, 0.2) is 0 Å². The minimum Gasteiger partial charge on any atom is -0.369 e. The van der Waals surface area contributed by atoms with Crippen molar-refractivity contribution in [2.75, 3.05) is 4.72 Å². The van der Waals surface area contributed by atoms with E-state index in [0.717, 1.165) is 5.39 Å². The van der Waals surface area contributed by atoms with Crippen molar-refractivity contribution in [1.29, 1.82) is 0 Å². The first-order valence-electron chi connectivity index (χ1n) is 11.1. The van der Waals surface area contributed by atoms with Gasteiger partial charge in [0.05, 0.1) is 33.1 Å². The summed E-state index contributed by atoms with van der Waals surface area (Å²) in [7, 11) is -7.78. The van der Waals surface area contributed by atoms with E-state index < -0.39 is 26.0 Å². The molecule has 0 radical (unpaired) electrons. The van der Waals surface area contributed by atoms with Crippen molar-refractivity contribution in [3.05, 3.63) is 89.0 Å². The molecule has 5 rings (SSSR count). The minimum absolute atomic E-state index is 0.0656. The predicted octanol–water partition coefficient (Wildman–Crippen LogP) is 3.42. The van der Waals surface area contributed by atoms with Crippen molar-refractivity contribution in [2.45, 2.75) is 16.2 Å². The normalized spacial score (nSPS) is 12.2. The molecule has 0 spiro atoms. The molecule has 1 aromatic heterocycles. The van der Waals surface area contributed by atoms with Gasteiger partial charge in [0.1, 0.15) is 0 Å². The fourth-order valence-corrected chi connectivity index (χ4v) is 6.32. The minimum atomic E-state index is -3.90. The summed E-state index contributed by atoms with van der Waals surface area (Å²) in [6.07, 6.45) is -0.126. The van der Waals surface area contributed by atoms with Crippen molar-refractivity contribution in [3.8, 4) is 5.69 Å². The van der Waals surface area contributed by atoms with Crippen LogP contribution >= 0.6 is 15.9 Å². The van der Waals surface area contributed by atoms with E-state index in [1.165, 1.54) is 24.3 Å². The van der Waals surface area contributed by atoms with Crippen LogP contribution in [0.15, 0.2) is 93.1 Å². The van der Waals surface area contributed by atoms with Gasteiger partial charge in [-0.05, 0) is 60.0 Å². The monoisotopic (exact) mass is 613 g/mol. The molecule has 0 fully saturated rings. The van der Waals surface area contributed by atoms with Crippen LogP contribution in [0.2, 0.25) is 0 Å². The molecule has 38 heavy (non-hydrogen) atoms. The number of sulfonamides is 2. The maximum absolute atomic E-state index is 13.0. The highest BCUT2D eigenvalue weighted by molar-refractivity contribution is 9.10. The number of nitrogens with two attached hydrogens (primary N) is 2. The summed E-state index contributed by atoms with van der Waals surface area (Å²) >= 11 is 3.29. The molecule has 0 saturated heterocycles. The van der Waals surface area contributed by atoms with Crippen LogP contribution in [-0.4, -0.2) is 32.5 Å². The van der Waals surface area contributed by atoms with E-state index in [1.54, 1.807) is 47.1 Å². The molecule has 13 heteroatoms. The molecule has 1 heterocycles. The second-order valence-electron chi connectivity index (χ2n) is 8.50. The summed E-state index contributed by atoms with van der Waals surface area (Å²) in [5, 5.41) is 11.9. The van der Waals surface area contributed by atoms with Crippen molar-refractivity contribution in [1.82, 2.24) is 9.78 Å². The number of amides is 1. The van der Waals surface area contributed by atoms with Gasteiger partial charge in [0, 0.05) is 20.9 Å². The standard InChI is InChI=1S/C25H20BrN5O5S2/c26-16-2-1-3-20(12-16)38(35,36)30-17-6-4-15-5-11-21-23(14-24(27)32)29-31(25(21)22(15)13-17)18-7-9-19(10-8-18)37(28,33)34/h1-13,30H,14H2,(H2,27,32)(H2,28,33,34). The number of fused-ring (bicyclic) bond motifs is 3. The number of rotatable bonds is 7. The number of hydrogen-bond donors (Lipinski definition) is 3. The number of nitrogens with zero attached hydrogens (tertiary/aromatic N) is 2. The average molecular weight is 615 g/mol. The molecule has 0 saturated carbocycles. The highest BCUT2D eigenvalue weighted by atomic mass is 79.9. The van der Waals surface area contributed by atoms with Gasteiger partial charge in [-0.2, -0.15) is 5.10 Å². The van der Waals surface area contributed by atoms with Gasteiger partial charge in [-0.25, -0.2) is 26.7 Å². The second kappa shape index (κ2) is 9.51. The highest BCUT2D eigenvalue weighted by Crippen LogP contribution is 2.33. The molecule has 0 aliphatic rings. The Labute approximate surface area is 226 Å². The van der Waals surface area contributed by atoms with E-state index in [9.17, 15) is 21.6 Å². The molecule has 0 aliphatic heterocycles. The van der Waals surface area contributed by atoms with Crippen molar-refractivity contribution < 1.29 is 21.6 Å². The van der Waals surface area contributed by atoms with E-state index in [2.05, 4.69) is 25.8 Å². The second-order valence-corrected chi connectivity index (χ2v) is 12.7. The van der Waals surface area contributed by atoms with Crippen molar-refractivity contribution in [3.63, 3.8) is 0 Å². The number of aromatic nitrogens is 2. The van der Waals surface area contributed by atoms with Crippen LogP contribution in [0.3, 0.4) is 0 Å². The lowest BCUT2D eigenvalue weighted by Gasteiger charge is -2.11. The molecule has 0 atom stereocenters. The Morgan fingerprint density at radius 1 is 0.895 bits per heavy atom. The Morgan fingerprint density at radius 2 is 1.61 bits per heavy atom. The lowest BCUT2D eigenvalue weighted by atomic mass is 10.0. The fourth-order valence-electron chi connectivity index (χ4n) is 4.16. The number of anilines is 1. The van der Waals surface area contributed by atoms with E-state index in [-0.39, 0.29) is 16.2 Å². The first kappa shape index (κ1) is 25.9. The molecule has 0 bridgehead atoms. The van der Waals surface area contributed by atoms with E-state index in [4.69, 9.17) is 10.9 Å². The number of nitrogens with one attached hydrogen (secondary N) is 1. The number of halogens is 1. The Bertz CT molecular complexity index is 1950. The highest BCUT2D eigenvalue weighted by Gasteiger charge is 2.19. The Balaban J connectivity index is 1.70. The largest absolute Gasteiger partial charge is 0.369 e. The predicted molar refractivity (Wildman–Crippen MR) is 148 cm³/mol. The van der Waals surface area contributed by atoms with Gasteiger partial charge in [-0.15, -0.1) is 0 Å². The zero-order valence-corrected chi connectivity index (χ0v) is 22.7. The van der Waals surface area contributed by atoms with E-state index in [1.807, 2.05) is 12.1 Å². The first-order valence-corrected chi connectivity index (χ1v) is 14.9. The summed E-state index contributed by atoms with van der Waals surface area (Å²) < 4.78 is 54.3. The number of carbonyl (C=O) groups is 1. The van der Waals surface area contributed by atoms with Gasteiger partial charge < -0.3 is 5.73 Å². The SMILES string of the molecule is NC(=O)Cc1nn(-c2ccc(S(N)(=O)=O)cc2)c2c1ccc1ccc(NS(=O)(=O)c3cccc(Br)c3)cc12. The number of carbonyl (C=O) groups excluding carboxylic acids is 1. The van der Waals surface area contributed by atoms with Crippen LogP contribution < -0.4 is 15.6 Å². The maximum Gasteiger partial charge on any atom is 0.261 e. The molecule has 194 valence electrons. The van der Waals surface area contributed by atoms with Crippen molar-refractivity contribution in [2.24, 2.45) is 10.9 Å². The summed E-state index contributed by atoms with van der Waals surface area (Å²) in [4.78, 5) is 11.8. The van der Waals surface area contributed by atoms with Crippen molar-refractivity contribution >= 4 is 69.2 Å². The quantitative estimate of drug-likeness (QED) is 0.254. The third-order valence-electron chi connectivity index (χ3n) is 5.85. The van der Waals surface area contributed by atoms with Gasteiger partial charge in [0.25, 0.3) is 10.0 Å². The van der Waals surface area contributed by atoms with Crippen LogP contribution in [0.1, 0.15) is 5.69 Å². The Morgan fingerprint density at radius 3 is 2.26 bits per heavy atom. The smallest absolute Gasteiger partial charge is 0.261 e. The summed E-state index contributed by atoms with van der Waals surface area (Å²) in [6, 6.07) is 20.9. The van der Waals surface area contributed by atoms with Crippen LogP contribution in [0.5, 0.6) is 0 Å². The number of primary amides is 1. The summed E-state index contributed by atoms with van der Waals surface area (Å²) in [5.41, 5.74) is 7.29. The molecule has 5 aromatic rings. The lowest BCUT2D eigenvalue weighted by molar-refractivity contribution is -0.117. The van der Waals surface area contributed by atoms with E-state index in [0.29, 0.717) is 37.8 Å². The maximum atomic E-state index is 13.0. The van der Waals surface area contributed by atoms with Crippen LogP contribution in [-0.2, 0) is 31.3 Å². The Hall–Kier alpha value is -3.78. The molecule has 1 amide bonds. The fraction of sp³-hybridized carbons (Fsp3) is 0.0400. The summed E-state index contributed by atoms with van der Waals surface area (Å²) in [5.74, 6) is -0.572.